The SMILES string of the molecule is O=C(Nc1c[nH]nc1C1=C\CC/C=C/C=C\1)C1COCCO1. The van der Waals surface area contributed by atoms with Crippen LogP contribution in [-0.4, -0.2) is 42.0 Å². The van der Waals surface area contributed by atoms with Gasteiger partial charge in [0.05, 0.1) is 25.5 Å². The molecule has 0 radical (unpaired) electrons. The lowest BCUT2D eigenvalue weighted by Crippen LogP contribution is -2.39. The number of ether oxygens (including phenoxy) is 2. The van der Waals surface area contributed by atoms with Crippen molar-refractivity contribution in [3.8, 4) is 0 Å². The van der Waals surface area contributed by atoms with E-state index < -0.39 is 6.10 Å². The van der Waals surface area contributed by atoms with Gasteiger partial charge in [0, 0.05) is 11.8 Å². The average Bonchev–Trinajstić information content (AvgIpc) is 2.96. The van der Waals surface area contributed by atoms with Crippen LogP contribution in [0.1, 0.15) is 18.5 Å². The fourth-order valence-corrected chi connectivity index (χ4v) is 2.37. The summed E-state index contributed by atoms with van der Waals surface area (Å²) in [5.74, 6) is -0.210. The first kappa shape index (κ1) is 14.7. The van der Waals surface area contributed by atoms with Crippen LogP contribution in [0, 0.1) is 0 Å². The van der Waals surface area contributed by atoms with E-state index in [4.69, 9.17) is 9.47 Å². The lowest BCUT2D eigenvalue weighted by atomic mass is 10.1. The number of anilines is 1. The van der Waals surface area contributed by atoms with Crippen molar-refractivity contribution in [1.29, 1.82) is 0 Å². The number of nitrogens with zero attached hydrogens (tertiary/aromatic N) is 1. The van der Waals surface area contributed by atoms with Gasteiger partial charge < -0.3 is 14.8 Å². The molecule has 116 valence electrons. The largest absolute Gasteiger partial charge is 0.376 e. The third-order valence-corrected chi connectivity index (χ3v) is 3.50. The summed E-state index contributed by atoms with van der Waals surface area (Å²) in [6.07, 6.45) is 13.3. The van der Waals surface area contributed by atoms with Gasteiger partial charge in [0.15, 0.2) is 6.10 Å². The van der Waals surface area contributed by atoms with Crippen molar-refractivity contribution in [2.45, 2.75) is 18.9 Å². The standard InChI is InChI=1S/C16H19N3O3/c20-16(14-11-21-8-9-22-14)18-13-10-17-19-15(13)12-6-4-2-1-3-5-7-12/h1-2,4,6-7,10,14H,3,5,8-9,11H2,(H,17,19)(H,18,20)/b2-1+,6-4-,12-7-. The summed E-state index contributed by atoms with van der Waals surface area (Å²) >= 11 is 0. The van der Waals surface area contributed by atoms with Gasteiger partial charge >= 0.3 is 0 Å². The van der Waals surface area contributed by atoms with Crippen LogP contribution in [0.4, 0.5) is 5.69 Å². The maximum absolute atomic E-state index is 12.2. The highest BCUT2D eigenvalue weighted by Crippen LogP contribution is 2.24. The normalized spacial score (nSPS) is 27.1. The first-order chi connectivity index (χ1) is 10.8. The molecule has 2 aliphatic rings. The van der Waals surface area contributed by atoms with Crippen LogP contribution in [0.2, 0.25) is 0 Å². The average molecular weight is 301 g/mol. The van der Waals surface area contributed by atoms with E-state index in [0.29, 0.717) is 18.9 Å². The quantitative estimate of drug-likeness (QED) is 0.896. The molecule has 1 saturated heterocycles. The van der Waals surface area contributed by atoms with E-state index in [9.17, 15) is 4.79 Å². The Hall–Kier alpha value is -2.18. The number of H-pyrrole nitrogens is 1. The van der Waals surface area contributed by atoms with Crippen molar-refractivity contribution in [2.24, 2.45) is 0 Å². The van der Waals surface area contributed by atoms with Gasteiger partial charge in [-0.3, -0.25) is 9.89 Å². The van der Waals surface area contributed by atoms with E-state index in [1.165, 1.54) is 0 Å². The summed E-state index contributed by atoms with van der Waals surface area (Å²) in [6, 6.07) is 0. The highest BCUT2D eigenvalue weighted by atomic mass is 16.6. The molecule has 1 aliphatic heterocycles. The summed E-state index contributed by atoms with van der Waals surface area (Å²) in [5, 5.41) is 9.93. The third kappa shape index (κ3) is 3.52. The molecule has 1 aromatic rings. The number of aromatic amines is 1. The van der Waals surface area contributed by atoms with Crippen LogP contribution in [0.15, 0.2) is 36.6 Å². The molecule has 1 unspecified atom stereocenters. The van der Waals surface area contributed by atoms with Gasteiger partial charge in [-0.25, -0.2) is 0 Å². The van der Waals surface area contributed by atoms with Crippen LogP contribution in [-0.2, 0) is 14.3 Å². The number of aromatic nitrogens is 2. The summed E-state index contributed by atoms with van der Waals surface area (Å²) in [6.45, 7) is 1.26. The molecule has 6 nitrogen and oxygen atoms in total. The fraction of sp³-hybridized carbons (Fsp3) is 0.375. The minimum Gasteiger partial charge on any atom is -0.376 e. The van der Waals surface area contributed by atoms with E-state index in [1.807, 2.05) is 18.2 Å². The number of hydrogen-bond donors (Lipinski definition) is 2. The van der Waals surface area contributed by atoms with Crippen molar-refractivity contribution in [2.75, 3.05) is 25.1 Å². The minimum atomic E-state index is -0.568. The molecule has 1 aliphatic carbocycles. The predicted molar refractivity (Wildman–Crippen MR) is 83.3 cm³/mol. The third-order valence-electron chi connectivity index (χ3n) is 3.50. The van der Waals surface area contributed by atoms with Crippen molar-refractivity contribution in [3.63, 3.8) is 0 Å². The molecule has 2 N–H and O–H groups in total. The zero-order chi connectivity index (χ0) is 15.2. The maximum atomic E-state index is 12.2. The molecule has 0 aromatic carbocycles. The Balaban J connectivity index is 1.74. The van der Waals surface area contributed by atoms with E-state index in [1.54, 1.807) is 6.20 Å². The Labute approximate surface area is 128 Å². The molecule has 1 atom stereocenters. The molecule has 0 bridgehead atoms. The topological polar surface area (TPSA) is 76.2 Å². The first-order valence-corrected chi connectivity index (χ1v) is 7.42. The summed E-state index contributed by atoms with van der Waals surface area (Å²) in [7, 11) is 0. The van der Waals surface area contributed by atoms with Gasteiger partial charge in [0.25, 0.3) is 5.91 Å². The molecule has 1 amide bonds. The predicted octanol–water partition coefficient (Wildman–Crippen LogP) is 2.05. The van der Waals surface area contributed by atoms with Crippen LogP contribution >= 0.6 is 0 Å². The molecule has 22 heavy (non-hydrogen) atoms. The number of carbonyl (C=O) groups is 1. The molecule has 0 spiro atoms. The molecular formula is C16H19N3O3. The van der Waals surface area contributed by atoms with E-state index >= 15 is 0 Å². The van der Waals surface area contributed by atoms with Crippen molar-refractivity contribution in [1.82, 2.24) is 10.2 Å². The van der Waals surface area contributed by atoms with Crippen LogP contribution in [0.25, 0.3) is 5.57 Å². The molecule has 6 heteroatoms. The second-order valence-electron chi connectivity index (χ2n) is 5.10. The summed E-state index contributed by atoms with van der Waals surface area (Å²) in [5.41, 5.74) is 2.37. The van der Waals surface area contributed by atoms with Crippen LogP contribution in [0.3, 0.4) is 0 Å². The first-order valence-electron chi connectivity index (χ1n) is 7.42. The Morgan fingerprint density at radius 1 is 1.32 bits per heavy atom. The Morgan fingerprint density at radius 2 is 2.27 bits per heavy atom. The smallest absolute Gasteiger partial charge is 0.256 e. The zero-order valence-corrected chi connectivity index (χ0v) is 12.2. The van der Waals surface area contributed by atoms with E-state index in [0.717, 1.165) is 24.1 Å². The number of hydrogen-bond acceptors (Lipinski definition) is 4. The molecule has 2 heterocycles. The molecule has 3 rings (SSSR count). The van der Waals surface area contributed by atoms with E-state index in [2.05, 4.69) is 27.7 Å². The summed E-state index contributed by atoms with van der Waals surface area (Å²) < 4.78 is 10.7. The monoisotopic (exact) mass is 301 g/mol. The van der Waals surface area contributed by atoms with Gasteiger partial charge in [0.2, 0.25) is 0 Å². The van der Waals surface area contributed by atoms with Gasteiger partial charge in [-0.1, -0.05) is 30.4 Å². The Kier molecular flexibility index (Phi) is 4.82. The Bertz CT molecular complexity index is 610. The lowest BCUT2D eigenvalue weighted by Gasteiger charge is -2.22. The second-order valence-corrected chi connectivity index (χ2v) is 5.10. The molecule has 0 saturated carbocycles. The Morgan fingerprint density at radius 3 is 3.14 bits per heavy atom. The molecule has 1 aromatic heterocycles. The van der Waals surface area contributed by atoms with Gasteiger partial charge in [-0.2, -0.15) is 5.10 Å². The zero-order valence-electron chi connectivity index (χ0n) is 12.2. The lowest BCUT2D eigenvalue weighted by molar-refractivity contribution is -0.142. The summed E-state index contributed by atoms with van der Waals surface area (Å²) in [4.78, 5) is 12.2. The number of nitrogens with one attached hydrogen (secondary N) is 2. The number of carbonyl (C=O) groups excluding carboxylic acids is 1. The van der Waals surface area contributed by atoms with Crippen LogP contribution < -0.4 is 5.32 Å². The number of rotatable bonds is 3. The highest BCUT2D eigenvalue weighted by Gasteiger charge is 2.24. The van der Waals surface area contributed by atoms with Crippen molar-refractivity contribution >= 4 is 17.2 Å². The van der Waals surface area contributed by atoms with Gasteiger partial charge in [-0.05, 0) is 12.8 Å². The molecular weight excluding hydrogens is 282 g/mol. The van der Waals surface area contributed by atoms with Crippen LogP contribution in [0.5, 0.6) is 0 Å². The highest BCUT2D eigenvalue weighted by molar-refractivity contribution is 5.97. The van der Waals surface area contributed by atoms with Crippen molar-refractivity contribution < 1.29 is 14.3 Å². The number of allylic oxidation sites excluding steroid dienone is 6. The molecule has 1 fully saturated rings. The maximum Gasteiger partial charge on any atom is 0.256 e. The minimum absolute atomic E-state index is 0.210. The van der Waals surface area contributed by atoms with Gasteiger partial charge in [-0.15, -0.1) is 0 Å². The number of amides is 1. The fourth-order valence-electron chi connectivity index (χ4n) is 2.37. The van der Waals surface area contributed by atoms with Gasteiger partial charge in [0.1, 0.15) is 5.69 Å². The van der Waals surface area contributed by atoms with E-state index in [-0.39, 0.29) is 12.5 Å². The van der Waals surface area contributed by atoms with Crippen molar-refractivity contribution in [3.05, 3.63) is 42.3 Å². The second kappa shape index (κ2) is 7.20.